The molecular weight excluding hydrogens is 230 g/mol. The van der Waals surface area contributed by atoms with Crippen LogP contribution in [0.1, 0.15) is 12.8 Å². The van der Waals surface area contributed by atoms with Crippen LogP contribution in [-0.4, -0.2) is 23.1 Å². The van der Waals surface area contributed by atoms with Crippen LogP contribution in [0, 0.1) is 6.42 Å². The second kappa shape index (κ2) is 4.05. The van der Waals surface area contributed by atoms with E-state index in [-0.39, 0.29) is 0 Å². The highest BCUT2D eigenvalue weighted by molar-refractivity contribution is 9.10. The number of piperidine rings is 1. The highest BCUT2D eigenvalue weighted by Crippen LogP contribution is 2.15. The summed E-state index contributed by atoms with van der Waals surface area (Å²) in [4.78, 5) is 10.7. The highest BCUT2D eigenvalue weighted by Gasteiger charge is 2.12. The molecule has 1 radical (unpaired) electrons. The lowest BCUT2D eigenvalue weighted by molar-refractivity contribution is 0.661. The zero-order valence-corrected chi connectivity index (χ0v) is 8.87. The molecule has 2 rings (SSSR count). The minimum atomic E-state index is 0.844. The number of anilines is 1. The van der Waals surface area contributed by atoms with Crippen molar-refractivity contribution in [2.75, 3.05) is 18.0 Å². The van der Waals surface area contributed by atoms with Gasteiger partial charge in [0.25, 0.3) is 0 Å². The SMILES string of the molecule is Brc1cnc(N2CC[CH]CC2)nc1. The fraction of sp³-hybridized carbons (Fsp3) is 0.444. The number of hydrogen-bond donors (Lipinski definition) is 0. The Hall–Kier alpha value is -0.640. The molecule has 1 aliphatic rings. The second-order valence-corrected chi connectivity index (χ2v) is 3.97. The van der Waals surface area contributed by atoms with E-state index < -0.39 is 0 Å². The van der Waals surface area contributed by atoms with Crippen molar-refractivity contribution in [3.8, 4) is 0 Å². The third-order valence-electron chi connectivity index (χ3n) is 2.10. The Morgan fingerprint density at radius 1 is 1.15 bits per heavy atom. The average molecular weight is 241 g/mol. The van der Waals surface area contributed by atoms with Gasteiger partial charge in [-0.15, -0.1) is 0 Å². The molecule has 0 aromatic carbocycles. The van der Waals surface area contributed by atoms with Crippen molar-refractivity contribution in [2.45, 2.75) is 12.8 Å². The monoisotopic (exact) mass is 240 g/mol. The summed E-state index contributed by atoms with van der Waals surface area (Å²) in [6.45, 7) is 2.09. The van der Waals surface area contributed by atoms with Crippen LogP contribution < -0.4 is 4.90 Å². The van der Waals surface area contributed by atoms with E-state index in [1.807, 2.05) is 0 Å². The lowest BCUT2D eigenvalue weighted by atomic mass is 10.1. The third kappa shape index (κ3) is 2.18. The van der Waals surface area contributed by atoms with Crippen molar-refractivity contribution >= 4 is 21.9 Å². The zero-order chi connectivity index (χ0) is 9.10. The van der Waals surface area contributed by atoms with Gasteiger partial charge in [-0.1, -0.05) is 0 Å². The predicted molar refractivity (Wildman–Crippen MR) is 55.5 cm³/mol. The molecule has 1 aromatic rings. The van der Waals surface area contributed by atoms with Crippen LogP contribution in [0.25, 0.3) is 0 Å². The predicted octanol–water partition coefficient (Wildman–Crippen LogP) is 2.04. The van der Waals surface area contributed by atoms with E-state index in [0.29, 0.717) is 0 Å². The molecule has 2 heterocycles. The molecule has 13 heavy (non-hydrogen) atoms. The first-order valence-electron chi connectivity index (χ1n) is 4.40. The van der Waals surface area contributed by atoms with E-state index in [4.69, 9.17) is 0 Å². The average Bonchev–Trinajstić information content (AvgIpc) is 2.20. The molecule has 0 unspecified atom stereocenters. The maximum Gasteiger partial charge on any atom is 0.225 e. The van der Waals surface area contributed by atoms with Gasteiger partial charge in [-0.3, -0.25) is 0 Å². The maximum atomic E-state index is 4.26. The normalized spacial score (nSPS) is 17.5. The highest BCUT2D eigenvalue weighted by atomic mass is 79.9. The molecule has 0 saturated carbocycles. The minimum Gasteiger partial charge on any atom is -0.341 e. The molecular formula is C9H11BrN3. The van der Waals surface area contributed by atoms with Crippen LogP contribution in [0.4, 0.5) is 5.95 Å². The number of aromatic nitrogens is 2. The summed E-state index contributed by atoms with van der Waals surface area (Å²) in [5.41, 5.74) is 0. The van der Waals surface area contributed by atoms with E-state index in [1.165, 1.54) is 0 Å². The van der Waals surface area contributed by atoms with E-state index in [2.05, 4.69) is 37.2 Å². The van der Waals surface area contributed by atoms with Crippen LogP contribution in [0.5, 0.6) is 0 Å². The van der Waals surface area contributed by atoms with Gasteiger partial charge in [0.05, 0.1) is 4.47 Å². The first-order valence-corrected chi connectivity index (χ1v) is 5.20. The summed E-state index contributed by atoms with van der Waals surface area (Å²) in [6.07, 6.45) is 8.18. The van der Waals surface area contributed by atoms with Crippen molar-refractivity contribution in [2.24, 2.45) is 0 Å². The molecule has 3 nitrogen and oxygen atoms in total. The van der Waals surface area contributed by atoms with E-state index in [9.17, 15) is 0 Å². The first-order chi connectivity index (χ1) is 6.36. The quantitative estimate of drug-likeness (QED) is 0.753. The summed E-state index contributed by atoms with van der Waals surface area (Å²) in [7, 11) is 0. The molecule has 1 saturated heterocycles. The lowest BCUT2D eigenvalue weighted by Crippen LogP contribution is -2.31. The van der Waals surface area contributed by atoms with E-state index >= 15 is 0 Å². The summed E-state index contributed by atoms with van der Waals surface area (Å²) >= 11 is 3.32. The second-order valence-electron chi connectivity index (χ2n) is 3.05. The molecule has 0 atom stereocenters. The molecule has 0 amide bonds. The van der Waals surface area contributed by atoms with E-state index in [0.717, 1.165) is 36.4 Å². The number of halogens is 1. The summed E-state index contributed by atoms with van der Waals surface area (Å²) in [6, 6.07) is 0. The Bertz CT molecular complexity index is 267. The van der Waals surface area contributed by atoms with Crippen LogP contribution >= 0.6 is 15.9 Å². The fourth-order valence-corrected chi connectivity index (χ4v) is 1.62. The standard InChI is InChI=1S/C9H11BrN3/c10-8-6-11-9(12-7-8)13-4-2-1-3-5-13/h1,6-7H,2-5H2. The summed E-state index contributed by atoms with van der Waals surface area (Å²) < 4.78 is 0.930. The Morgan fingerprint density at radius 2 is 1.77 bits per heavy atom. The molecule has 0 spiro atoms. The van der Waals surface area contributed by atoms with Crippen molar-refractivity contribution in [1.82, 2.24) is 9.97 Å². The van der Waals surface area contributed by atoms with Gasteiger partial charge in [0.2, 0.25) is 5.95 Å². The van der Waals surface area contributed by atoms with Gasteiger partial charge in [-0.25, -0.2) is 9.97 Å². The molecule has 0 bridgehead atoms. The van der Waals surface area contributed by atoms with Gasteiger partial charge in [-0.2, -0.15) is 0 Å². The Kier molecular flexibility index (Phi) is 2.78. The fourth-order valence-electron chi connectivity index (χ4n) is 1.42. The smallest absolute Gasteiger partial charge is 0.225 e. The Morgan fingerprint density at radius 3 is 2.38 bits per heavy atom. The van der Waals surface area contributed by atoms with Gasteiger partial charge >= 0.3 is 0 Å². The van der Waals surface area contributed by atoms with Crippen molar-refractivity contribution in [1.29, 1.82) is 0 Å². The van der Waals surface area contributed by atoms with E-state index in [1.54, 1.807) is 12.4 Å². The summed E-state index contributed by atoms with van der Waals surface area (Å²) in [5, 5.41) is 0. The van der Waals surface area contributed by atoms with Gasteiger partial charge in [0.1, 0.15) is 0 Å². The zero-order valence-electron chi connectivity index (χ0n) is 7.28. The van der Waals surface area contributed by atoms with Crippen LogP contribution in [0.2, 0.25) is 0 Å². The van der Waals surface area contributed by atoms with Crippen LogP contribution in [0.3, 0.4) is 0 Å². The van der Waals surface area contributed by atoms with Gasteiger partial charge in [0.15, 0.2) is 0 Å². The molecule has 1 aromatic heterocycles. The largest absolute Gasteiger partial charge is 0.341 e. The van der Waals surface area contributed by atoms with Crippen LogP contribution in [0.15, 0.2) is 16.9 Å². The molecule has 0 N–H and O–H groups in total. The lowest BCUT2D eigenvalue weighted by Gasteiger charge is -2.26. The third-order valence-corrected chi connectivity index (χ3v) is 2.51. The number of hydrogen-bond acceptors (Lipinski definition) is 3. The first kappa shape index (κ1) is 8.94. The Labute approximate surface area is 86.3 Å². The molecule has 69 valence electrons. The molecule has 0 aliphatic carbocycles. The maximum absolute atomic E-state index is 4.26. The number of nitrogens with zero attached hydrogens (tertiary/aromatic N) is 3. The van der Waals surface area contributed by atoms with Gasteiger partial charge in [-0.05, 0) is 35.2 Å². The van der Waals surface area contributed by atoms with Crippen molar-refractivity contribution < 1.29 is 0 Å². The van der Waals surface area contributed by atoms with Gasteiger partial charge < -0.3 is 4.90 Å². The number of rotatable bonds is 1. The molecule has 1 aliphatic heterocycles. The topological polar surface area (TPSA) is 29.0 Å². The minimum absolute atomic E-state index is 0.844. The van der Waals surface area contributed by atoms with Crippen molar-refractivity contribution in [3.63, 3.8) is 0 Å². The Balaban J connectivity index is 2.10. The van der Waals surface area contributed by atoms with Crippen molar-refractivity contribution in [3.05, 3.63) is 23.3 Å². The molecule has 4 heteroatoms. The summed E-state index contributed by atoms with van der Waals surface area (Å²) in [5.74, 6) is 0.844. The molecule has 1 fully saturated rings. The van der Waals surface area contributed by atoms with Crippen LogP contribution in [-0.2, 0) is 0 Å². The van der Waals surface area contributed by atoms with Gasteiger partial charge in [0, 0.05) is 25.5 Å².